The van der Waals surface area contributed by atoms with Gasteiger partial charge in [0.2, 0.25) is 5.91 Å². The van der Waals surface area contributed by atoms with Gasteiger partial charge in [0.25, 0.3) is 0 Å². The van der Waals surface area contributed by atoms with Crippen LogP contribution in [0.25, 0.3) is 11.0 Å². The van der Waals surface area contributed by atoms with Crippen molar-refractivity contribution in [1.82, 2.24) is 14.9 Å². The molecular formula is C20H24N4O3S. The van der Waals surface area contributed by atoms with E-state index < -0.39 is 9.84 Å². The predicted octanol–water partition coefficient (Wildman–Crippen LogP) is 1.83. The highest BCUT2D eigenvalue weighted by Crippen LogP contribution is 2.17. The molecule has 28 heavy (non-hydrogen) atoms. The minimum Gasteiger partial charge on any atom is -0.373 e. The second-order valence-electron chi connectivity index (χ2n) is 6.78. The third kappa shape index (κ3) is 5.10. The van der Waals surface area contributed by atoms with E-state index in [-0.39, 0.29) is 18.2 Å². The van der Waals surface area contributed by atoms with E-state index in [2.05, 4.69) is 15.2 Å². The van der Waals surface area contributed by atoms with Crippen LogP contribution in [0.4, 0.5) is 5.69 Å². The Hall–Kier alpha value is -2.87. The van der Waals surface area contributed by atoms with E-state index in [0.29, 0.717) is 24.4 Å². The second-order valence-corrected chi connectivity index (χ2v) is 8.92. The first kappa shape index (κ1) is 19.9. The minimum absolute atomic E-state index is 0.0282. The van der Waals surface area contributed by atoms with Gasteiger partial charge in [-0.2, -0.15) is 0 Å². The number of nitrogens with one attached hydrogen (secondary N) is 1. The van der Waals surface area contributed by atoms with E-state index in [1.165, 1.54) is 0 Å². The van der Waals surface area contributed by atoms with Gasteiger partial charge in [-0.05, 0) is 24.3 Å². The van der Waals surface area contributed by atoms with E-state index in [1.54, 1.807) is 4.57 Å². The molecule has 0 saturated heterocycles. The summed E-state index contributed by atoms with van der Waals surface area (Å²) in [5, 5.41) is 2.90. The molecule has 7 nitrogen and oxygen atoms in total. The minimum atomic E-state index is -3.26. The Kier molecular flexibility index (Phi) is 5.99. The van der Waals surface area contributed by atoms with Crippen LogP contribution in [0, 0.1) is 0 Å². The number of imidazole rings is 1. The van der Waals surface area contributed by atoms with Gasteiger partial charge in [-0.15, -0.1) is 0 Å². The molecule has 1 N–H and O–H groups in total. The predicted molar refractivity (Wildman–Crippen MR) is 111 cm³/mol. The van der Waals surface area contributed by atoms with Crippen LogP contribution in [-0.4, -0.2) is 50.3 Å². The van der Waals surface area contributed by atoms with Crippen molar-refractivity contribution >= 4 is 32.5 Å². The summed E-state index contributed by atoms with van der Waals surface area (Å²) in [5.74, 6) is -0.00858. The van der Waals surface area contributed by atoms with Crippen LogP contribution in [0.2, 0.25) is 0 Å². The maximum atomic E-state index is 12.5. The number of fused-ring (bicyclic) bond motifs is 1. The molecule has 8 heteroatoms. The smallest absolute Gasteiger partial charge is 0.240 e. The Labute approximate surface area is 164 Å². The van der Waals surface area contributed by atoms with Gasteiger partial charge in [-0.3, -0.25) is 4.79 Å². The Morgan fingerprint density at radius 1 is 1.11 bits per heavy atom. The van der Waals surface area contributed by atoms with Crippen LogP contribution >= 0.6 is 0 Å². The Bertz CT molecular complexity index is 1060. The monoisotopic (exact) mass is 400 g/mol. The van der Waals surface area contributed by atoms with E-state index in [0.717, 1.165) is 17.5 Å². The average molecular weight is 401 g/mol. The lowest BCUT2D eigenvalue weighted by Gasteiger charge is -2.19. The number of hydrogen-bond acceptors (Lipinski definition) is 5. The lowest BCUT2D eigenvalue weighted by atomic mass is 10.3. The molecule has 0 radical (unpaired) electrons. The van der Waals surface area contributed by atoms with Crippen LogP contribution in [-0.2, 0) is 26.9 Å². The quantitative estimate of drug-likeness (QED) is 0.624. The first-order valence-corrected chi connectivity index (χ1v) is 11.0. The number of rotatable bonds is 8. The van der Waals surface area contributed by atoms with E-state index in [1.807, 2.05) is 61.6 Å². The fourth-order valence-electron chi connectivity index (χ4n) is 3.02. The van der Waals surface area contributed by atoms with Gasteiger partial charge in [-0.1, -0.05) is 30.3 Å². The molecule has 0 saturated carbocycles. The Morgan fingerprint density at radius 3 is 2.50 bits per heavy atom. The maximum absolute atomic E-state index is 12.5. The topological polar surface area (TPSA) is 84.3 Å². The van der Waals surface area contributed by atoms with Gasteiger partial charge < -0.3 is 14.8 Å². The Morgan fingerprint density at radius 2 is 1.79 bits per heavy atom. The van der Waals surface area contributed by atoms with Gasteiger partial charge in [0.1, 0.15) is 18.1 Å². The zero-order valence-electron chi connectivity index (χ0n) is 16.0. The van der Waals surface area contributed by atoms with Crippen molar-refractivity contribution in [2.45, 2.75) is 12.3 Å². The fourth-order valence-corrected chi connectivity index (χ4v) is 3.71. The van der Waals surface area contributed by atoms with Gasteiger partial charge in [0.05, 0.1) is 11.0 Å². The zero-order valence-corrected chi connectivity index (χ0v) is 16.8. The summed E-state index contributed by atoms with van der Waals surface area (Å²) in [5.41, 5.74) is 2.50. The van der Waals surface area contributed by atoms with Crippen molar-refractivity contribution in [2.24, 2.45) is 0 Å². The van der Waals surface area contributed by atoms with Crippen LogP contribution in [0.5, 0.6) is 0 Å². The molecule has 3 rings (SSSR count). The molecule has 148 valence electrons. The lowest BCUT2D eigenvalue weighted by molar-refractivity contribution is -0.121. The number of benzene rings is 2. The lowest BCUT2D eigenvalue weighted by Crippen LogP contribution is -2.35. The van der Waals surface area contributed by atoms with Crippen molar-refractivity contribution < 1.29 is 13.2 Å². The van der Waals surface area contributed by atoms with E-state index >= 15 is 0 Å². The van der Waals surface area contributed by atoms with E-state index in [9.17, 15) is 13.2 Å². The molecule has 0 aliphatic carbocycles. The summed E-state index contributed by atoms with van der Waals surface area (Å²) in [4.78, 5) is 18.9. The van der Waals surface area contributed by atoms with Crippen LogP contribution in [0.1, 0.15) is 5.82 Å². The van der Waals surface area contributed by atoms with Crippen molar-refractivity contribution in [1.29, 1.82) is 0 Å². The third-order valence-corrected chi connectivity index (χ3v) is 5.18. The second kappa shape index (κ2) is 8.43. The summed E-state index contributed by atoms with van der Waals surface area (Å²) in [6.45, 7) is 1.18. The first-order chi connectivity index (χ1) is 13.3. The molecule has 0 spiro atoms. The summed E-state index contributed by atoms with van der Waals surface area (Å²) < 4.78 is 25.1. The molecule has 0 unspecified atom stereocenters. The number of sulfone groups is 1. The zero-order chi connectivity index (χ0) is 20.1. The highest BCUT2D eigenvalue weighted by molar-refractivity contribution is 7.89. The van der Waals surface area contributed by atoms with Gasteiger partial charge in [-0.25, -0.2) is 13.4 Å². The number of carbonyl (C=O) groups excluding carboxylic acids is 1. The SMILES string of the molecule is CN(CCNC(=O)Cn1c(CS(C)(=O)=O)nc2ccccc21)c1ccccc1. The molecule has 1 aromatic heterocycles. The van der Waals surface area contributed by atoms with Gasteiger partial charge >= 0.3 is 0 Å². The van der Waals surface area contributed by atoms with Gasteiger partial charge in [0.15, 0.2) is 9.84 Å². The van der Waals surface area contributed by atoms with E-state index in [4.69, 9.17) is 0 Å². The van der Waals surface area contributed by atoms with Crippen LogP contribution in [0.3, 0.4) is 0 Å². The maximum Gasteiger partial charge on any atom is 0.240 e. The first-order valence-electron chi connectivity index (χ1n) is 8.98. The molecular weight excluding hydrogens is 376 g/mol. The third-order valence-electron chi connectivity index (χ3n) is 4.39. The standard InChI is InChI=1S/C20H24N4O3S/c1-23(16-8-4-3-5-9-16)13-12-21-20(25)14-24-18-11-7-6-10-17(18)22-19(24)15-28(2,26)27/h3-11H,12-15H2,1-2H3,(H,21,25). The average Bonchev–Trinajstić information content (AvgIpc) is 2.98. The normalized spacial score (nSPS) is 11.5. The van der Waals surface area contributed by atoms with Crippen molar-refractivity contribution in [3.05, 3.63) is 60.4 Å². The van der Waals surface area contributed by atoms with Crippen molar-refractivity contribution in [2.75, 3.05) is 31.3 Å². The molecule has 1 heterocycles. The molecule has 1 amide bonds. The molecule has 0 aliphatic heterocycles. The fraction of sp³-hybridized carbons (Fsp3) is 0.300. The molecule has 0 atom stereocenters. The van der Waals surface area contributed by atoms with Crippen LogP contribution < -0.4 is 10.2 Å². The summed E-state index contributed by atoms with van der Waals surface area (Å²) >= 11 is 0. The van der Waals surface area contributed by atoms with Crippen molar-refractivity contribution in [3.63, 3.8) is 0 Å². The summed E-state index contributed by atoms with van der Waals surface area (Å²) in [6.07, 6.45) is 1.16. The largest absolute Gasteiger partial charge is 0.373 e. The van der Waals surface area contributed by atoms with Crippen LogP contribution in [0.15, 0.2) is 54.6 Å². The van der Waals surface area contributed by atoms with Gasteiger partial charge in [0, 0.05) is 32.1 Å². The number of hydrogen-bond donors (Lipinski definition) is 1. The Balaban J connectivity index is 1.66. The number of nitrogens with zero attached hydrogens (tertiary/aromatic N) is 3. The highest BCUT2D eigenvalue weighted by Gasteiger charge is 2.17. The number of amides is 1. The number of para-hydroxylation sites is 3. The molecule has 3 aromatic rings. The van der Waals surface area contributed by atoms with Crippen molar-refractivity contribution in [3.8, 4) is 0 Å². The summed E-state index contributed by atoms with van der Waals surface area (Å²) in [6, 6.07) is 17.3. The molecule has 0 aliphatic rings. The number of carbonyl (C=O) groups is 1. The number of likely N-dealkylation sites (N-methyl/N-ethyl adjacent to an activating group) is 1. The molecule has 0 bridgehead atoms. The summed E-state index contributed by atoms with van der Waals surface area (Å²) in [7, 11) is -1.30. The molecule has 0 fully saturated rings. The number of anilines is 1. The number of aromatic nitrogens is 2. The molecule has 2 aromatic carbocycles. The highest BCUT2D eigenvalue weighted by atomic mass is 32.2.